The van der Waals surface area contributed by atoms with Crippen molar-refractivity contribution in [3.05, 3.63) is 48.2 Å². The average Bonchev–Trinajstić information content (AvgIpc) is 2.39. The third kappa shape index (κ3) is 3.55. The van der Waals surface area contributed by atoms with Gasteiger partial charge in [-0.05, 0) is 42.8 Å². The number of pyridine rings is 1. The molecule has 106 valence electrons. The van der Waals surface area contributed by atoms with Crippen LogP contribution in [-0.2, 0) is 9.84 Å². The fraction of sp³-hybridized carbons (Fsp3) is 0.214. The molecule has 0 aliphatic carbocycles. The van der Waals surface area contributed by atoms with E-state index in [4.69, 9.17) is 4.74 Å². The lowest BCUT2D eigenvalue weighted by molar-refractivity contribution is 0.198. The lowest BCUT2D eigenvalue weighted by Crippen LogP contribution is -1.97. The van der Waals surface area contributed by atoms with Crippen molar-refractivity contribution in [2.45, 2.75) is 17.9 Å². The predicted octanol–water partition coefficient (Wildman–Crippen LogP) is 2.33. The highest BCUT2D eigenvalue weighted by Crippen LogP contribution is 2.22. The van der Waals surface area contributed by atoms with Crippen molar-refractivity contribution in [3.8, 4) is 11.6 Å². The first-order valence-electron chi connectivity index (χ1n) is 5.98. The van der Waals surface area contributed by atoms with E-state index in [1.807, 2.05) is 0 Å². The maximum atomic E-state index is 11.3. The molecule has 1 heterocycles. The normalized spacial score (nSPS) is 12.9. The van der Waals surface area contributed by atoms with Gasteiger partial charge in [-0.25, -0.2) is 13.4 Å². The number of hydrogen-bond donors (Lipinski definition) is 1. The summed E-state index contributed by atoms with van der Waals surface area (Å²) < 4.78 is 28.1. The third-order valence-electron chi connectivity index (χ3n) is 2.72. The van der Waals surface area contributed by atoms with Crippen LogP contribution in [0.4, 0.5) is 0 Å². The van der Waals surface area contributed by atoms with Crippen molar-refractivity contribution < 1.29 is 18.3 Å². The van der Waals surface area contributed by atoms with Gasteiger partial charge in [0, 0.05) is 18.5 Å². The lowest BCUT2D eigenvalue weighted by Gasteiger charge is -2.07. The summed E-state index contributed by atoms with van der Waals surface area (Å²) in [5.74, 6) is 0.871. The minimum Gasteiger partial charge on any atom is -0.439 e. The van der Waals surface area contributed by atoms with Gasteiger partial charge in [-0.1, -0.05) is 0 Å². The van der Waals surface area contributed by atoms with Gasteiger partial charge in [0.2, 0.25) is 5.88 Å². The first-order chi connectivity index (χ1) is 9.36. The van der Waals surface area contributed by atoms with Crippen LogP contribution in [0.3, 0.4) is 0 Å². The fourth-order valence-corrected chi connectivity index (χ4v) is 2.21. The average molecular weight is 293 g/mol. The summed E-state index contributed by atoms with van der Waals surface area (Å²) in [7, 11) is -3.21. The zero-order valence-corrected chi connectivity index (χ0v) is 12.0. The Morgan fingerprint density at radius 2 is 1.80 bits per heavy atom. The summed E-state index contributed by atoms with van der Waals surface area (Å²) >= 11 is 0. The van der Waals surface area contributed by atoms with Crippen LogP contribution in [0.1, 0.15) is 18.6 Å². The molecule has 1 N–H and O–H groups in total. The van der Waals surface area contributed by atoms with Crippen LogP contribution < -0.4 is 4.74 Å². The highest BCUT2D eigenvalue weighted by atomic mass is 32.2. The zero-order chi connectivity index (χ0) is 14.8. The summed E-state index contributed by atoms with van der Waals surface area (Å²) in [4.78, 5) is 4.30. The number of hydrogen-bond acceptors (Lipinski definition) is 5. The summed E-state index contributed by atoms with van der Waals surface area (Å²) in [5, 5.41) is 9.37. The molecule has 2 rings (SSSR count). The Morgan fingerprint density at radius 3 is 2.25 bits per heavy atom. The largest absolute Gasteiger partial charge is 0.439 e. The summed E-state index contributed by atoms with van der Waals surface area (Å²) in [6.07, 6.45) is 2.11. The van der Waals surface area contributed by atoms with Crippen molar-refractivity contribution in [2.75, 3.05) is 6.26 Å². The van der Waals surface area contributed by atoms with E-state index in [-0.39, 0.29) is 4.90 Å². The molecule has 1 aromatic carbocycles. The number of aromatic nitrogens is 1. The molecule has 1 aromatic heterocycles. The van der Waals surface area contributed by atoms with Crippen molar-refractivity contribution in [3.63, 3.8) is 0 Å². The number of nitrogens with zero attached hydrogens (tertiary/aromatic N) is 1. The van der Waals surface area contributed by atoms with E-state index >= 15 is 0 Å². The number of aliphatic hydroxyl groups excluding tert-OH is 1. The third-order valence-corrected chi connectivity index (χ3v) is 3.84. The molecule has 0 bridgehead atoms. The van der Waals surface area contributed by atoms with E-state index in [2.05, 4.69) is 4.98 Å². The summed E-state index contributed by atoms with van der Waals surface area (Å²) in [5.41, 5.74) is 0.699. The van der Waals surface area contributed by atoms with Gasteiger partial charge in [-0.3, -0.25) is 0 Å². The quantitative estimate of drug-likeness (QED) is 0.936. The minimum atomic E-state index is -3.21. The van der Waals surface area contributed by atoms with Gasteiger partial charge in [0.1, 0.15) is 5.75 Å². The smallest absolute Gasteiger partial charge is 0.219 e. The van der Waals surface area contributed by atoms with Crippen molar-refractivity contribution in [2.24, 2.45) is 0 Å². The predicted molar refractivity (Wildman–Crippen MR) is 74.5 cm³/mol. The minimum absolute atomic E-state index is 0.238. The highest BCUT2D eigenvalue weighted by molar-refractivity contribution is 7.90. The van der Waals surface area contributed by atoms with E-state index in [0.717, 1.165) is 6.26 Å². The molecule has 0 aliphatic heterocycles. The Morgan fingerprint density at radius 1 is 1.15 bits per heavy atom. The van der Waals surface area contributed by atoms with Crippen LogP contribution in [0.2, 0.25) is 0 Å². The molecule has 2 aromatic rings. The molecule has 0 radical (unpaired) electrons. The van der Waals surface area contributed by atoms with Gasteiger partial charge < -0.3 is 9.84 Å². The van der Waals surface area contributed by atoms with Crippen molar-refractivity contribution >= 4 is 9.84 Å². The molecule has 0 fully saturated rings. The maximum absolute atomic E-state index is 11.3. The van der Waals surface area contributed by atoms with Gasteiger partial charge in [0.05, 0.1) is 11.0 Å². The topological polar surface area (TPSA) is 76.5 Å². The molecule has 0 amide bonds. The first-order valence-corrected chi connectivity index (χ1v) is 7.87. The Hall–Kier alpha value is -1.92. The van der Waals surface area contributed by atoms with Gasteiger partial charge in [0.25, 0.3) is 0 Å². The van der Waals surface area contributed by atoms with Crippen LogP contribution in [0.5, 0.6) is 11.6 Å². The SMILES string of the molecule is C[C@@H](O)c1ccc(Oc2ccc(S(C)(=O)=O)cc2)nc1. The molecule has 1 atom stereocenters. The van der Waals surface area contributed by atoms with Crippen LogP contribution in [0, 0.1) is 0 Å². The van der Waals surface area contributed by atoms with Crippen LogP contribution in [0.25, 0.3) is 0 Å². The van der Waals surface area contributed by atoms with E-state index in [1.54, 1.807) is 31.2 Å². The molecule has 6 heteroatoms. The Labute approximate surface area is 117 Å². The van der Waals surface area contributed by atoms with E-state index < -0.39 is 15.9 Å². The molecule has 0 saturated carbocycles. The molecule has 0 spiro atoms. The molecule has 20 heavy (non-hydrogen) atoms. The molecule has 5 nitrogen and oxygen atoms in total. The Bertz CT molecular complexity index is 676. The second-order valence-corrected chi connectivity index (χ2v) is 6.47. The highest BCUT2D eigenvalue weighted by Gasteiger charge is 2.07. The number of ether oxygens (including phenoxy) is 1. The number of aliphatic hydroxyl groups is 1. The second-order valence-electron chi connectivity index (χ2n) is 4.45. The Kier molecular flexibility index (Phi) is 4.06. The van der Waals surface area contributed by atoms with Gasteiger partial charge in [-0.2, -0.15) is 0 Å². The van der Waals surface area contributed by atoms with E-state index in [1.165, 1.54) is 18.3 Å². The molecule has 0 saturated heterocycles. The van der Waals surface area contributed by atoms with Crippen LogP contribution in [0.15, 0.2) is 47.5 Å². The Balaban J connectivity index is 2.14. The molecule has 0 aliphatic rings. The fourth-order valence-electron chi connectivity index (χ4n) is 1.57. The molecular formula is C14H15NO4S. The van der Waals surface area contributed by atoms with Crippen molar-refractivity contribution in [1.82, 2.24) is 4.98 Å². The van der Waals surface area contributed by atoms with E-state index in [0.29, 0.717) is 17.2 Å². The van der Waals surface area contributed by atoms with Gasteiger partial charge in [-0.15, -0.1) is 0 Å². The molecular weight excluding hydrogens is 278 g/mol. The lowest BCUT2D eigenvalue weighted by atomic mass is 10.2. The number of benzene rings is 1. The zero-order valence-electron chi connectivity index (χ0n) is 11.1. The van der Waals surface area contributed by atoms with Crippen LogP contribution in [-0.4, -0.2) is 24.8 Å². The summed E-state index contributed by atoms with van der Waals surface area (Å²) in [6, 6.07) is 9.47. The molecule has 0 unspecified atom stereocenters. The maximum Gasteiger partial charge on any atom is 0.219 e. The van der Waals surface area contributed by atoms with Crippen molar-refractivity contribution in [1.29, 1.82) is 0 Å². The van der Waals surface area contributed by atoms with E-state index in [9.17, 15) is 13.5 Å². The monoisotopic (exact) mass is 293 g/mol. The number of rotatable bonds is 4. The van der Waals surface area contributed by atoms with Crippen LogP contribution >= 0.6 is 0 Å². The standard InChI is InChI=1S/C14H15NO4S/c1-10(16)11-3-8-14(15-9-11)19-12-4-6-13(7-5-12)20(2,17)18/h3-10,16H,1-2H3/t10-/m1/s1. The second kappa shape index (κ2) is 5.60. The van der Waals surface area contributed by atoms with Gasteiger partial charge in [0.15, 0.2) is 9.84 Å². The summed E-state index contributed by atoms with van der Waals surface area (Å²) in [6.45, 7) is 1.65. The first kappa shape index (κ1) is 14.5. The number of sulfone groups is 1. The van der Waals surface area contributed by atoms with Gasteiger partial charge >= 0.3 is 0 Å².